The highest BCUT2D eigenvalue weighted by atomic mass is 32.2. The molecule has 1 fully saturated rings. The monoisotopic (exact) mass is 430 g/mol. The molecule has 1 atom stereocenters. The first kappa shape index (κ1) is 22.3. The standard InChI is InChI=1S/C23H30N2O4S/c1-2-3-14-29-21-11-7-8-19(17-21)18-24-23(26)22(20-9-5-4-6-10-20)25-12-15-30(27,28)16-13-25/h4-11,17,22H,2-3,12-16,18H2,1H3,(H,24,26). The third-order valence-corrected chi connectivity index (χ3v) is 6.85. The summed E-state index contributed by atoms with van der Waals surface area (Å²) in [5, 5.41) is 3.02. The van der Waals surface area contributed by atoms with Gasteiger partial charge in [-0.2, -0.15) is 0 Å². The van der Waals surface area contributed by atoms with Crippen molar-refractivity contribution in [3.8, 4) is 5.75 Å². The molecule has 0 bridgehead atoms. The van der Waals surface area contributed by atoms with E-state index in [9.17, 15) is 13.2 Å². The maximum atomic E-state index is 13.1. The van der Waals surface area contributed by atoms with Crippen LogP contribution in [0.3, 0.4) is 0 Å². The summed E-state index contributed by atoms with van der Waals surface area (Å²) >= 11 is 0. The predicted octanol–water partition coefficient (Wildman–Crippen LogP) is 2.95. The van der Waals surface area contributed by atoms with Crippen LogP contribution in [0.2, 0.25) is 0 Å². The van der Waals surface area contributed by atoms with Gasteiger partial charge in [0.1, 0.15) is 11.8 Å². The van der Waals surface area contributed by atoms with Crippen LogP contribution in [0.5, 0.6) is 5.75 Å². The fourth-order valence-corrected chi connectivity index (χ4v) is 4.74. The molecule has 1 aliphatic heterocycles. The van der Waals surface area contributed by atoms with Gasteiger partial charge in [0.05, 0.1) is 18.1 Å². The van der Waals surface area contributed by atoms with E-state index in [0.29, 0.717) is 26.2 Å². The molecule has 1 amide bonds. The average molecular weight is 431 g/mol. The van der Waals surface area contributed by atoms with Gasteiger partial charge in [-0.05, 0) is 29.7 Å². The fraction of sp³-hybridized carbons (Fsp3) is 0.435. The molecule has 3 rings (SSSR count). The molecule has 162 valence electrons. The third-order valence-electron chi connectivity index (χ3n) is 5.24. The molecule has 1 aliphatic rings. The number of amides is 1. The molecule has 0 aromatic heterocycles. The van der Waals surface area contributed by atoms with Crippen LogP contribution in [-0.2, 0) is 21.2 Å². The lowest BCUT2D eigenvalue weighted by Crippen LogP contribution is -2.47. The van der Waals surface area contributed by atoms with Crippen molar-refractivity contribution < 1.29 is 17.9 Å². The molecule has 30 heavy (non-hydrogen) atoms. The summed E-state index contributed by atoms with van der Waals surface area (Å²) in [6, 6.07) is 16.8. The summed E-state index contributed by atoms with van der Waals surface area (Å²) in [5.74, 6) is 0.843. The fourth-order valence-electron chi connectivity index (χ4n) is 3.51. The summed E-state index contributed by atoms with van der Waals surface area (Å²) in [6.07, 6.45) is 2.08. The Morgan fingerprint density at radius 1 is 1.10 bits per heavy atom. The second kappa shape index (κ2) is 10.6. The molecule has 0 aliphatic carbocycles. The van der Waals surface area contributed by atoms with Crippen molar-refractivity contribution in [1.82, 2.24) is 10.2 Å². The quantitative estimate of drug-likeness (QED) is 0.619. The summed E-state index contributed by atoms with van der Waals surface area (Å²) < 4.78 is 29.4. The van der Waals surface area contributed by atoms with E-state index in [1.165, 1.54) is 0 Å². The van der Waals surface area contributed by atoms with Gasteiger partial charge in [0.2, 0.25) is 5.91 Å². The molecule has 2 aromatic carbocycles. The Kier molecular flexibility index (Phi) is 7.87. The zero-order valence-corrected chi connectivity index (χ0v) is 18.2. The van der Waals surface area contributed by atoms with Crippen LogP contribution < -0.4 is 10.1 Å². The Balaban J connectivity index is 1.67. The SMILES string of the molecule is CCCCOc1cccc(CNC(=O)C(c2ccccc2)N2CCS(=O)(=O)CC2)c1. The second-order valence-corrected chi connectivity index (χ2v) is 9.87. The molecule has 1 saturated heterocycles. The number of hydrogen-bond acceptors (Lipinski definition) is 5. The molecular weight excluding hydrogens is 400 g/mol. The molecule has 1 heterocycles. The number of sulfone groups is 1. The number of benzene rings is 2. The number of nitrogens with zero attached hydrogens (tertiary/aromatic N) is 1. The lowest BCUT2D eigenvalue weighted by Gasteiger charge is -2.33. The van der Waals surface area contributed by atoms with Crippen molar-refractivity contribution in [3.63, 3.8) is 0 Å². The number of ether oxygens (including phenoxy) is 1. The van der Waals surface area contributed by atoms with Crippen LogP contribution in [0.4, 0.5) is 0 Å². The van der Waals surface area contributed by atoms with Crippen LogP contribution in [0.25, 0.3) is 0 Å². The van der Waals surface area contributed by atoms with Crippen molar-refractivity contribution in [2.45, 2.75) is 32.4 Å². The number of nitrogens with one attached hydrogen (secondary N) is 1. The Morgan fingerprint density at radius 3 is 2.53 bits per heavy atom. The molecule has 0 spiro atoms. The Bertz CT molecular complexity index is 917. The summed E-state index contributed by atoms with van der Waals surface area (Å²) in [5.41, 5.74) is 1.83. The minimum atomic E-state index is -3.01. The van der Waals surface area contributed by atoms with Gasteiger partial charge in [-0.3, -0.25) is 9.69 Å². The largest absolute Gasteiger partial charge is 0.494 e. The summed E-state index contributed by atoms with van der Waals surface area (Å²) in [7, 11) is -3.01. The zero-order chi connectivity index (χ0) is 21.4. The normalized spacial score (nSPS) is 17.2. The predicted molar refractivity (Wildman–Crippen MR) is 118 cm³/mol. The maximum Gasteiger partial charge on any atom is 0.242 e. The second-order valence-electron chi connectivity index (χ2n) is 7.57. The van der Waals surface area contributed by atoms with Crippen LogP contribution >= 0.6 is 0 Å². The first-order valence-corrected chi connectivity index (χ1v) is 12.3. The van der Waals surface area contributed by atoms with Crippen LogP contribution in [0.15, 0.2) is 54.6 Å². The Labute approximate surface area is 179 Å². The van der Waals surface area contributed by atoms with E-state index in [4.69, 9.17) is 4.74 Å². The molecule has 1 N–H and O–H groups in total. The van der Waals surface area contributed by atoms with Crippen LogP contribution in [-0.4, -0.2) is 50.4 Å². The maximum absolute atomic E-state index is 13.1. The van der Waals surface area contributed by atoms with E-state index >= 15 is 0 Å². The summed E-state index contributed by atoms with van der Waals surface area (Å²) in [4.78, 5) is 15.1. The number of rotatable bonds is 9. The highest BCUT2D eigenvalue weighted by Gasteiger charge is 2.32. The molecule has 2 aromatic rings. The van der Waals surface area contributed by atoms with Gasteiger partial charge >= 0.3 is 0 Å². The smallest absolute Gasteiger partial charge is 0.242 e. The minimum Gasteiger partial charge on any atom is -0.494 e. The molecular formula is C23H30N2O4S. The first-order valence-electron chi connectivity index (χ1n) is 10.5. The van der Waals surface area contributed by atoms with Gasteiger partial charge in [-0.1, -0.05) is 55.8 Å². The molecule has 6 nitrogen and oxygen atoms in total. The molecule has 1 unspecified atom stereocenters. The molecule has 0 radical (unpaired) electrons. The lowest BCUT2D eigenvalue weighted by atomic mass is 10.0. The minimum absolute atomic E-state index is 0.0841. The Hall–Kier alpha value is -2.38. The highest BCUT2D eigenvalue weighted by Crippen LogP contribution is 2.23. The molecule has 7 heteroatoms. The van der Waals surface area contributed by atoms with Crippen LogP contribution in [0.1, 0.15) is 36.9 Å². The van der Waals surface area contributed by atoms with E-state index in [0.717, 1.165) is 29.7 Å². The first-order chi connectivity index (χ1) is 14.5. The van der Waals surface area contributed by atoms with Crippen LogP contribution in [0, 0.1) is 0 Å². The van der Waals surface area contributed by atoms with Gasteiger partial charge in [0.15, 0.2) is 9.84 Å². The van der Waals surface area contributed by atoms with E-state index in [1.54, 1.807) is 0 Å². The van der Waals surface area contributed by atoms with Crippen molar-refractivity contribution >= 4 is 15.7 Å². The third kappa shape index (κ3) is 6.31. The van der Waals surface area contributed by atoms with Gasteiger partial charge in [-0.15, -0.1) is 0 Å². The lowest BCUT2D eigenvalue weighted by molar-refractivity contribution is -0.126. The van der Waals surface area contributed by atoms with E-state index < -0.39 is 15.9 Å². The van der Waals surface area contributed by atoms with E-state index in [1.807, 2.05) is 59.5 Å². The Morgan fingerprint density at radius 2 is 1.83 bits per heavy atom. The van der Waals surface area contributed by atoms with Gasteiger partial charge in [0.25, 0.3) is 0 Å². The van der Waals surface area contributed by atoms with E-state index in [-0.39, 0.29) is 17.4 Å². The van der Waals surface area contributed by atoms with E-state index in [2.05, 4.69) is 12.2 Å². The topological polar surface area (TPSA) is 75.7 Å². The van der Waals surface area contributed by atoms with Gasteiger partial charge < -0.3 is 10.1 Å². The van der Waals surface area contributed by atoms with Gasteiger partial charge in [0, 0.05) is 19.6 Å². The van der Waals surface area contributed by atoms with Crippen molar-refractivity contribution in [3.05, 3.63) is 65.7 Å². The van der Waals surface area contributed by atoms with Crippen molar-refractivity contribution in [1.29, 1.82) is 0 Å². The van der Waals surface area contributed by atoms with Gasteiger partial charge in [-0.25, -0.2) is 8.42 Å². The average Bonchev–Trinajstić information content (AvgIpc) is 2.75. The van der Waals surface area contributed by atoms with Crippen molar-refractivity contribution in [2.75, 3.05) is 31.2 Å². The number of carbonyl (C=O) groups is 1. The van der Waals surface area contributed by atoms with Crippen molar-refractivity contribution in [2.24, 2.45) is 0 Å². The number of carbonyl (C=O) groups excluding carboxylic acids is 1. The molecule has 0 saturated carbocycles. The highest BCUT2D eigenvalue weighted by molar-refractivity contribution is 7.91. The number of hydrogen-bond donors (Lipinski definition) is 1. The number of unbranched alkanes of at least 4 members (excludes halogenated alkanes) is 1. The summed E-state index contributed by atoms with van der Waals surface area (Å²) in [6.45, 7) is 3.90. The zero-order valence-electron chi connectivity index (χ0n) is 17.4.